The van der Waals surface area contributed by atoms with Crippen LogP contribution >= 0.6 is 11.3 Å². The smallest absolute Gasteiger partial charge is 0.305 e. The summed E-state index contributed by atoms with van der Waals surface area (Å²) < 4.78 is 5.06. The summed E-state index contributed by atoms with van der Waals surface area (Å²) in [5.41, 5.74) is 1.71. The highest BCUT2D eigenvalue weighted by Gasteiger charge is 2.19. The maximum atomic E-state index is 12.1. The first kappa shape index (κ1) is 16.2. The second-order valence-corrected chi connectivity index (χ2v) is 6.02. The Morgan fingerprint density at radius 1 is 1.45 bits per heavy atom. The van der Waals surface area contributed by atoms with E-state index >= 15 is 0 Å². The van der Waals surface area contributed by atoms with Gasteiger partial charge < -0.3 is 14.9 Å². The van der Waals surface area contributed by atoms with Crippen LogP contribution in [0.15, 0.2) is 22.0 Å². The second-order valence-electron chi connectivity index (χ2n) is 5.04. The van der Waals surface area contributed by atoms with E-state index in [-0.39, 0.29) is 18.7 Å². The standard InChI is InChI=1S/C15H18N2O4S/c1-9-11(10(2)21-17-9)5-6-14(18)16-12(8-15(19)20)13-4-3-7-22-13/h3-4,7,12H,5-6,8H2,1-2H3,(H,16,18)(H,19,20). The van der Waals surface area contributed by atoms with E-state index in [1.807, 2.05) is 31.4 Å². The third-order valence-corrected chi connectivity index (χ3v) is 4.37. The Balaban J connectivity index is 1.95. The third kappa shape index (κ3) is 4.17. The summed E-state index contributed by atoms with van der Waals surface area (Å²) in [6.07, 6.45) is 0.666. The number of aromatic nitrogens is 1. The summed E-state index contributed by atoms with van der Waals surface area (Å²) in [4.78, 5) is 23.9. The van der Waals surface area contributed by atoms with Gasteiger partial charge in [0.15, 0.2) is 0 Å². The quantitative estimate of drug-likeness (QED) is 0.817. The van der Waals surface area contributed by atoms with Crippen LogP contribution in [0.4, 0.5) is 0 Å². The molecule has 118 valence electrons. The van der Waals surface area contributed by atoms with Gasteiger partial charge in [-0.2, -0.15) is 0 Å². The molecular weight excluding hydrogens is 304 g/mol. The summed E-state index contributed by atoms with van der Waals surface area (Å²) >= 11 is 1.43. The highest BCUT2D eigenvalue weighted by atomic mass is 32.1. The van der Waals surface area contributed by atoms with Crippen molar-refractivity contribution in [1.29, 1.82) is 0 Å². The van der Waals surface area contributed by atoms with Gasteiger partial charge in [-0.05, 0) is 31.7 Å². The third-order valence-electron chi connectivity index (χ3n) is 3.38. The Morgan fingerprint density at radius 3 is 2.77 bits per heavy atom. The van der Waals surface area contributed by atoms with Gasteiger partial charge in [0.2, 0.25) is 5.91 Å². The number of nitrogens with one attached hydrogen (secondary N) is 1. The molecule has 6 nitrogen and oxygen atoms in total. The molecule has 0 fully saturated rings. The number of aryl methyl sites for hydroxylation is 2. The summed E-state index contributed by atoms with van der Waals surface area (Å²) in [5, 5.41) is 17.5. The maximum Gasteiger partial charge on any atom is 0.305 e. The Hall–Kier alpha value is -2.15. The molecule has 22 heavy (non-hydrogen) atoms. The lowest BCUT2D eigenvalue weighted by Gasteiger charge is -2.15. The normalized spacial score (nSPS) is 12.1. The number of carbonyl (C=O) groups excluding carboxylic acids is 1. The number of thiophene rings is 1. The average Bonchev–Trinajstić information content (AvgIpc) is 3.07. The first-order valence-electron chi connectivity index (χ1n) is 6.93. The minimum atomic E-state index is -0.940. The topological polar surface area (TPSA) is 92.4 Å². The molecule has 1 atom stereocenters. The molecule has 7 heteroatoms. The summed E-state index contributed by atoms with van der Waals surface area (Å²) in [6, 6.07) is 3.17. The van der Waals surface area contributed by atoms with Crippen LogP contribution in [0.1, 0.15) is 40.8 Å². The number of nitrogens with zero attached hydrogens (tertiary/aromatic N) is 1. The molecule has 2 aromatic heterocycles. The van der Waals surface area contributed by atoms with Crippen LogP contribution in [0.3, 0.4) is 0 Å². The molecular formula is C15H18N2O4S. The van der Waals surface area contributed by atoms with Crippen molar-refractivity contribution in [2.45, 2.75) is 39.2 Å². The number of hydrogen-bond acceptors (Lipinski definition) is 5. The largest absolute Gasteiger partial charge is 0.481 e. The van der Waals surface area contributed by atoms with Gasteiger partial charge in [0.25, 0.3) is 0 Å². The van der Waals surface area contributed by atoms with Crippen molar-refractivity contribution in [3.05, 3.63) is 39.4 Å². The number of rotatable bonds is 7. The van der Waals surface area contributed by atoms with Crippen LogP contribution in [0.5, 0.6) is 0 Å². The zero-order valence-electron chi connectivity index (χ0n) is 12.5. The predicted molar refractivity (Wildman–Crippen MR) is 81.8 cm³/mol. The highest BCUT2D eigenvalue weighted by Crippen LogP contribution is 2.22. The fourth-order valence-electron chi connectivity index (χ4n) is 2.25. The second kappa shape index (κ2) is 7.22. The van der Waals surface area contributed by atoms with E-state index in [9.17, 15) is 9.59 Å². The summed E-state index contributed by atoms with van der Waals surface area (Å²) in [7, 11) is 0. The van der Waals surface area contributed by atoms with Crippen molar-refractivity contribution >= 4 is 23.2 Å². The molecule has 2 aromatic rings. The van der Waals surface area contributed by atoms with Crippen molar-refractivity contribution < 1.29 is 19.2 Å². The van der Waals surface area contributed by atoms with Crippen molar-refractivity contribution in [3.8, 4) is 0 Å². The molecule has 1 unspecified atom stereocenters. The molecule has 0 aliphatic rings. The molecule has 0 bridgehead atoms. The maximum absolute atomic E-state index is 12.1. The van der Waals surface area contributed by atoms with Crippen molar-refractivity contribution in [3.63, 3.8) is 0 Å². The molecule has 0 aliphatic heterocycles. The number of carboxylic acids is 1. The lowest BCUT2D eigenvalue weighted by atomic mass is 10.1. The monoisotopic (exact) mass is 322 g/mol. The molecule has 2 N–H and O–H groups in total. The SMILES string of the molecule is Cc1noc(C)c1CCC(=O)NC(CC(=O)O)c1cccs1. The van der Waals surface area contributed by atoms with E-state index in [1.165, 1.54) is 11.3 Å². The Labute approximate surface area is 132 Å². The number of carboxylic acid groups (broad SMARTS) is 1. The molecule has 1 amide bonds. The van der Waals surface area contributed by atoms with Crippen LogP contribution in [-0.2, 0) is 16.0 Å². The van der Waals surface area contributed by atoms with Gasteiger partial charge in [-0.3, -0.25) is 9.59 Å². The summed E-state index contributed by atoms with van der Waals surface area (Å²) in [6.45, 7) is 3.65. The number of aliphatic carboxylic acids is 1. The van der Waals surface area contributed by atoms with Crippen molar-refractivity contribution in [2.24, 2.45) is 0 Å². The van der Waals surface area contributed by atoms with Gasteiger partial charge in [0.05, 0.1) is 18.2 Å². The van der Waals surface area contributed by atoms with Crippen LogP contribution < -0.4 is 5.32 Å². The zero-order chi connectivity index (χ0) is 16.1. The van der Waals surface area contributed by atoms with Gasteiger partial charge in [-0.15, -0.1) is 11.3 Å². The van der Waals surface area contributed by atoms with E-state index in [2.05, 4.69) is 10.5 Å². The highest BCUT2D eigenvalue weighted by molar-refractivity contribution is 7.10. The van der Waals surface area contributed by atoms with E-state index in [0.717, 1.165) is 16.1 Å². The molecule has 0 radical (unpaired) electrons. The van der Waals surface area contributed by atoms with Crippen molar-refractivity contribution in [2.75, 3.05) is 0 Å². The molecule has 2 rings (SSSR count). The minimum absolute atomic E-state index is 0.127. The van der Waals surface area contributed by atoms with E-state index in [4.69, 9.17) is 9.63 Å². The molecule has 0 aliphatic carbocycles. The number of carbonyl (C=O) groups is 2. The van der Waals surface area contributed by atoms with Crippen LogP contribution in [0, 0.1) is 13.8 Å². The molecule has 0 saturated heterocycles. The van der Waals surface area contributed by atoms with Gasteiger partial charge >= 0.3 is 5.97 Å². The predicted octanol–water partition coefficient (Wildman–Crippen LogP) is 2.62. The minimum Gasteiger partial charge on any atom is -0.481 e. The van der Waals surface area contributed by atoms with Gasteiger partial charge in [-0.1, -0.05) is 11.2 Å². The van der Waals surface area contributed by atoms with Gasteiger partial charge in [0.1, 0.15) is 5.76 Å². The number of hydrogen-bond donors (Lipinski definition) is 2. The molecule has 0 saturated carbocycles. The first-order chi connectivity index (χ1) is 10.5. The van der Waals surface area contributed by atoms with E-state index < -0.39 is 12.0 Å². The lowest BCUT2D eigenvalue weighted by molar-refractivity contribution is -0.137. The fraction of sp³-hybridized carbons (Fsp3) is 0.400. The molecule has 2 heterocycles. The first-order valence-corrected chi connectivity index (χ1v) is 7.81. The molecule has 0 aromatic carbocycles. The van der Waals surface area contributed by atoms with E-state index in [0.29, 0.717) is 12.2 Å². The Kier molecular flexibility index (Phi) is 5.32. The lowest BCUT2D eigenvalue weighted by Crippen LogP contribution is -2.29. The van der Waals surface area contributed by atoms with Crippen LogP contribution in [-0.4, -0.2) is 22.1 Å². The Morgan fingerprint density at radius 2 is 2.23 bits per heavy atom. The Bertz CT molecular complexity index is 629. The number of amides is 1. The molecule has 0 spiro atoms. The van der Waals surface area contributed by atoms with Crippen molar-refractivity contribution in [1.82, 2.24) is 10.5 Å². The van der Waals surface area contributed by atoms with E-state index in [1.54, 1.807) is 0 Å². The fourth-order valence-corrected chi connectivity index (χ4v) is 3.03. The van der Waals surface area contributed by atoms with Crippen LogP contribution in [0.2, 0.25) is 0 Å². The average molecular weight is 322 g/mol. The van der Waals surface area contributed by atoms with Gasteiger partial charge in [-0.25, -0.2) is 0 Å². The zero-order valence-corrected chi connectivity index (χ0v) is 13.3. The van der Waals surface area contributed by atoms with Gasteiger partial charge in [0, 0.05) is 16.9 Å². The van der Waals surface area contributed by atoms with Crippen LogP contribution in [0.25, 0.3) is 0 Å². The summed E-state index contributed by atoms with van der Waals surface area (Å²) in [5.74, 6) is -0.408.